The van der Waals surface area contributed by atoms with Gasteiger partial charge in [0, 0.05) is 37.6 Å². The van der Waals surface area contributed by atoms with Gasteiger partial charge in [0.15, 0.2) is 0 Å². The van der Waals surface area contributed by atoms with Crippen molar-refractivity contribution < 1.29 is 4.74 Å². The van der Waals surface area contributed by atoms with Crippen molar-refractivity contribution in [3.63, 3.8) is 0 Å². The third-order valence-corrected chi connectivity index (χ3v) is 6.62. The third-order valence-electron chi connectivity index (χ3n) is 6.62. The molecule has 0 aromatic carbocycles. The number of aromatic nitrogens is 2. The molecule has 26 heavy (non-hydrogen) atoms. The number of nitrogens with zero attached hydrogens (tertiary/aromatic N) is 3. The number of H-pyrrole nitrogens is 1. The SMILES string of the molecule is Cc1cnc(CN(CC2CCN(C3CCCC3)CC2)CC2CCCO2)[nH]1. The van der Waals surface area contributed by atoms with Gasteiger partial charge in [0.25, 0.3) is 0 Å². The van der Waals surface area contributed by atoms with Crippen LogP contribution < -0.4 is 0 Å². The molecule has 4 rings (SSSR count). The summed E-state index contributed by atoms with van der Waals surface area (Å²) in [7, 11) is 0. The Morgan fingerprint density at radius 1 is 1.12 bits per heavy atom. The highest BCUT2D eigenvalue weighted by atomic mass is 16.5. The molecular formula is C21H36N4O. The number of piperidine rings is 1. The summed E-state index contributed by atoms with van der Waals surface area (Å²) in [6.45, 7) is 8.82. The maximum Gasteiger partial charge on any atom is 0.120 e. The molecule has 2 aliphatic heterocycles. The molecule has 0 bridgehead atoms. The number of aryl methyl sites for hydroxylation is 1. The van der Waals surface area contributed by atoms with Gasteiger partial charge in [-0.2, -0.15) is 0 Å². The molecule has 1 unspecified atom stereocenters. The van der Waals surface area contributed by atoms with E-state index in [4.69, 9.17) is 4.74 Å². The molecule has 0 radical (unpaired) electrons. The molecule has 3 heterocycles. The van der Waals surface area contributed by atoms with Crippen LogP contribution in [0.5, 0.6) is 0 Å². The Bertz CT molecular complexity index is 540. The number of rotatable bonds is 7. The normalized spacial score (nSPS) is 26.3. The molecule has 146 valence electrons. The standard InChI is InChI=1S/C21H36N4O/c1-17-13-22-21(23-17)16-24(15-20-7-4-12-26-20)14-18-8-10-25(11-9-18)19-5-2-3-6-19/h13,18-20H,2-12,14-16H2,1H3,(H,22,23). The summed E-state index contributed by atoms with van der Waals surface area (Å²) in [6.07, 6.45) is 13.3. The molecule has 1 aliphatic carbocycles. The Kier molecular flexibility index (Phi) is 6.28. The average Bonchev–Trinajstić information content (AvgIpc) is 3.39. The van der Waals surface area contributed by atoms with E-state index in [1.165, 1.54) is 71.0 Å². The summed E-state index contributed by atoms with van der Waals surface area (Å²) < 4.78 is 5.92. The number of ether oxygens (including phenoxy) is 1. The summed E-state index contributed by atoms with van der Waals surface area (Å²) in [5, 5.41) is 0. The zero-order valence-corrected chi connectivity index (χ0v) is 16.5. The Labute approximate surface area is 158 Å². The summed E-state index contributed by atoms with van der Waals surface area (Å²) in [5.41, 5.74) is 1.15. The van der Waals surface area contributed by atoms with Gasteiger partial charge in [-0.1, -0.05) is 12.8 Å². The fourth-order valence-electron chi connectivity index (χ4n) is 5.17. The molecule has 0 spiro atoms. The van der Waals surface area contributed by atoms with E-state index in [0.29, 0.717) is 6.10 Å². The van der Waals surface area contributed by atoms with E-state index in [-0.39, 0.29) is 0 Å². The molecule has 3 fully saturated rings. The van der Waals surface area contributed by atoms with Gasteiger partial charge >= 0.3 is 0 Å². The van der Waals surface area contributed by atoms with Crippen LogP contribution in [0.25, 0.3) is 0 Å². The predicted molar refractivity (Wildman–Crippen MR) is 104 cm³/mol. The van der Waals surface area contributed by atoms with Gasteiger partial charge in [0.1, 0.15) is 5.82 Å². The molecule has 1 aromatic rings. The van der Waals surface area contributed by atoms with E-state index in [2.05, 4.69) is 26.7 Å². The number of imidazole rings is 1. The number of hydrogen-bond donors (Lipinski definition) is 1. The number of aromatic amines is 1. The smallest absolute Gasteiger partial charge is 0.120 e. The summed E-state index contributed by atoms with van der Waals surface area (Å²) in [5.74, 6) is 1.93. The highest BCUT2D eigenvalue weighted by Gasteiger charge is 2.29. The van der Waals surface area contributed by atoms with Gasteiger partial charge in [-0.25, -0.2) is 4.98 Å². The van der Waals surface area contributed by atoms with E-state index in [0.717, 1.165) is 43.2 Å². The largest absolute Gasteiger partial charge is 0.377 e. The van der Waals surface area contributed by atoms with Crippen molar-refractivity contribution in [3.8, 4) is 0 Å². The molecular weight excluding hydrogens is 324 g/mol. The maximum atomic E-state index is 5.92. The van der Waals surface area contributed by atoms with E-state index in [9.17, 15) is 0 Å². The van der Waals surface area contributed by atoms with E-state index in [1.54, 1.807) is 0 Å². The predicted octanol–water partition coefficient (Wildman–Crippen LogP) is 3.35. The van der Waals surface area contributed by atoms with Crippen LogP contribution >= 0.6 is 0 Å². The fourth-order valence-corrected chi connectivity index (χ4v) is 5.17. The van der Waals surface area contributed by atoms with Crippen molar-refractivity contribution in [1.82, 2.24) is 19.8 Å². The van der Waals surface area contributed by atoms with Crippen molar-refractivity contribution >= 4 is 0 Å². The van der Waals surface area contributed by atoms with Crippen molar-refractivity contribution in [2.24, 2.45) is 5.92 Å². The molecule has 1 aromatic heterocycles. The fraction of sp³-hybridized carbons (Fsp3) is 0.857. The first-order valence-electron chi connectivity index (χ1n) is 10.8. The topological polar surface area (TPSA) is 44.4 Å². The first kappa shape index (κ1) is 18.5. The quantitative estimate of drug-likeness (QED) is 0.810. The van der Waals surface area contributed by atoms with Crippen molar-refractivity contribution in [2.45, 2.75) is 77.0 Å². The minimum absolute atomic E-state index is 0.421. The van der Waals surface area contributed by atoms with Gasteiger partial charge in [0.05, 0.1) is 12.6 Å². The summed E-state index contributed by atoms with van der Waals surface area (Å²) in [6, 6.07) is 0.894. The van der Waals surface area contributed by atoms with Crippen molar-refractivity contribution in [2.75, 3.05) is 32.8 Å². The Hall–Kier alpha value is -0.910. The second-order valence-electron chi connectivity index (χ2n) is 8.76. The minimum atomic E-state index is 0.421. The Balaban J connectivity index is 1.30. The van der Waals surface area contributed by atoms with Crippen LogP contribution in [0.1, 0.15) is 62.9 Å². The monoisotopic (exact) mass is 360 g/mol. The van der Waals surface area contributed by atoms with Crippen molar-refractivity contribution in [3.05, 3.63) is 17.7 Å². The molecule has 5 heteroatoms. The van der Waals surface area contributed by atoms with Gasteiger partial charge in [0.2, 0.25) is 0 Å². The van der Waals surface area contributed by atoms with Crippen LogP contribution in [-0.4, -0.2) is 64.7 Å². The first-order valence-corrected chi connectivity index (χ1v) is 10.8. The molecule has 1 N–H and O–H groups in total. The van der Waals surface area contributed by atoms with Crippen LogP contribution in [0.4, 0.5) is 0 Å². The Morgan fingerprint density at radius 2 is 1.92 bits per heavy atom. The molecule has 5 nitrogen and oxygen atoms in total. The average molecular weight is 361 g/mol. The second kappa shape index (κ2) is 8.85. The van der Waals surface area contributed by atoms with Gasteiger partial charge in [-0.3, -0.25) is 4.90 Å². The van der Waals surface area contributed by atoms with Crippen LogP contribution in [0.2, 0.25) is 0 Å². The molecule has 1 saturated carbocycles. The molecule has 3 aliphatic rings. The van der Waals surface area contributed by atoms with E-state index in [1.807, 2.05) is 6.20 Å². The zero-order chi connectivity index (χ0) is 17.8. The summed E-state index contributed by atoms with van der Waals surface area (Å²) >= 11 is 0. The lowest BCUT2D eigenvalue weighted by Crippen LogP contribution is -2.43. The van der Waals surface area contributed by atoms with E-state index >= 15 is 0 Å². The molecule has 2 saturated heterocycles. The molecule has 1 atom stereocenters. The van der Waals surface area contributed by atoms with E-state index < -0.39 is 0 Å². The van der Waals surface area contributed by atoms with Crippen LogP contribution in [-0.2, 0) is 11.3 Å². The van der Waals surface area contributed by atoms with Crippen molar-refractivity contribution in [1.29, 1.82) is 0 Å². The number of nitrogens with one attached hydrogen (secondary N) is 1. The van der Waals surface area contributed by atoms with Gasteiger partial charge in [-0.05, 0) is 64.5 Å². The number of hydrogen-bond acceptors (Lipinski definition) is 4. The second-order valence-corrected chi connectivity index (χ2v) is 8.76. The zero-order valence-electron chi connectivity index (χ0n) is 16.5. The lowest BCUT2D eigenvalue weighted by Gasteiger charge is -2.38. The lowest BCUT2D eigenvalue weighted by molar-refractivity contribution is 0.0531. The highest BCUT2D eigenvalue weighted by molar-refractivity contribution is 4.98. The van der Waals surface area contributed by atoms with Gasteiger partial charge < -0.3 is 14.6 Å². The van der Waals surface area contributed by atoms with Crippen LogP contribution in [0.15, 0.2) is 6.20 Å². The Morgan fingerprint density at radius 3 is 2.58 bits per heavy atom. The van der Waals surface area contributed by atoms with Crippen LogP contribution in [0.3, 0.4) is 0 Å². The maximum absolute atomic E-state index is 5.92. The first-order chi connectivity index (χ1) is 12.8. The van der Waals surface area contributed by atoms with Gasteiger partial charge in [-0.15, -0.1) is 0 Å². The third kappa shape index (κ3) is 4.87. The highest BCUT2D eigenvalue weighted by Crippen LogP contribution is 2.28. The van der Waals surface area contributed by atoms with Crippen LogP contribution in [0, 0.1) is 12.8 Å². The summed E-state index contributed by atoms with van der Waals surface area (Å²) in [4.78, 5) is 13.3. The minimum Gasteiger partial charge on any atom is -0.377 e. The lowest BCUT2D eigenvalue weighted by atomic mass is 9.94. The number of likely N-dealkylation sites (tertiary alicyclic amines) is 1. The molecule has 0 amide bonds.